The van der Waals surface area contributed by atoms with E-state index in [0.717, 1.165) is 109 Å². The molecular formula is C59H102O6. The maximum Gasteiger partial charge on any atom is 0.306 e. The molecule has 6 nitrogen and oxygen atoms in total. The molecule has 6 heteroatoms. The summed E-state index contributed by atoms with van der Waals surface area (Å²) >= 11 is 0. The Morgan fingerprint density at radius 1 is 0.323 bits per heavy atom. The molecule has 0 aliphatic carbocycles. The fourth-order valence-electron chi connectivity index (χ4n) is 7.58. The monoisotopic (exact) mass is 907 g/mol. The molecule has 0 aromatic heterocycles. The van der Waals surface area contributed by atoms with Crippen LogP contribution in [0.25, 0.3) is 0 Å². The van der Waals surface area contributed by atoms with Gasteiger partial charge in [-0.15, -0.1) is 0 Å². The Labute approximate surface area is 402 Å². The van der Waals surface area contributed by atoms with E-state index < -0.39 is 6.10 Å². The van der Waals surface area contributed by atoms with Crippen molar-refractivity contribution in [3.05, 3.63) is 72.9 Å². The lowest BCUT2D eigenvalue weighted by Crippen LogP contribution is -2.30. The molecule has 0 N–H and O–H groups in total. The molecule has 0 aromatic carbocycles. The summed E-state index contributed by atoms with van der Waals surface area (Å²) in [4.78, 5) is 38.1. The number of ether oxygens (including phenoxy) is 3. The number of carbonyl (C=O) groups excluding carboxylic acids is 3. The highest BCUT2D eigenvalue weighted by molar-refractivity contribution is 5.71. The third kappa shape index (κ3) is 51.7. The maximum absolute atomic E-state index is 12.8. The van der Waals surface area contributed by atoms with E-state index in [4.69, 9.17) is 14.2 Å². The van der Waals surface area contributed by atoms with Gasteiger partial charge in [0.15, 0.2) is 6.10 Å². The summed E-state index contributed by atoms with van der Waals surface area (Å²) in [5.74, 6) is -0.923. The van der Waals surface area contributed by atoms with Crippen molar-refractivity contribution in [3.63, 3.8) is 0 Å². The van der Waals surface area contributed by atoms with Gasteiger partial charge in [-0.3, -0.25) is 14.4 Å². The molecule has 0 aromatic rings. The molecule has 374 valence electrons. The number of allylic oxidation sites excluding steroid dienone is 12. The summed E-state index contributed by atoms with van der Waals surface area (Å²) in [7, 11) is 0. The van der Waals surface area contributed by atoms with E-state index in [0.29, 0.717) is 19.3 Å². The van der Waals surface area contributed by atoms with Crippen LogP contribution in [0.15, 0.2) is 72.9 Å². The predicted molar refractivity (Wildman–Crippen MR) is 279 cm³/mol. The topological polar surface area (TPSA) is 78.9 Å². The molecular weight excluding hydrogens is 805 g/mol. The molecule has 0 unspecified atom stereocenters. The first kappa shape index (κ1) is 61.9. The molecule has 0 amide bonds. The first-order valence-electron chi connectivity index (χ1n) is 27.4. The Morgan fingerprint density at radius 2 is 0.600 bits per heavy atom. The number of hydrogen-bond donors (Lipinski definition) is 0. The lowest BCUT2D eigenvalue weighted by Gasteiger charge is -2.18. The Kier molecular flexibility index (Phi) is 50.9. The highest BCUT2D eigenvalue weighted by Crippen LogP contribution is 2.15. The lowest BCUT2D eigenvalue weighted by atomic mass is 10.0. The minimum Gasteiger partial charge on any atom is -0.462 e. The first-order chi connectivity index (χ1) is 32.0. The highest BCUT2D eigenvalue weighted by atomic mass is 16.6. The standard InChI is InChI=1S/C59H102O6/c1-4-7-10-13-16-19-22-25-27-28-29-30-32-35-37-40-43-46-49-52-58(61)64-55-56(65-59(62)53-50-47-44-41-38-33-24-21-18-15-12-9-6-3)54-63-57(60)51-48-45-42-39-36-34-31-26-23-20-17-14-11-8-5-2/h7,10,16,19,21,24-25,27,29-30,35,37,56H,4-6,8-9,11-15,17-18,20,22-23,26,28,31-34,36,38-55H2,1-3H3/b10-7-,19-16-,24-21-,27-25-,30-29-,37-35-/t56-/m0/s1. The van der Waals surface area contributed by atoms with Crippen molar-refractivity contribution >= 4 is 17.9 Å². The molecule has 0 aliphatic heterocycles. The summed E-state index contributed by atoms with van der Waals surface area (Å²) in [5, 5.41) is 0. The van der Waals surface area contributed by atoms with Crippen LogP contribution in [0, 0.1) is 0 Å². The van der Waals surface area contributed by atoms with E-state index >= 15 is 0 Å². The van der Waals surface area contributed by atoms with Gasteiger partial charge in [0.05, 0.1) is 0 Å². The van der Waals surface area contributed by atoms with Crippen molar-refractivity contribution in [1.82, 2.24) is 0 Å². The van der Waals surface area contributed by atoms with Crippen LogP contribution in [-0.2, 0) is 28.6 Å². The van der Waals surface area contributed by atoms with E-state index in [1.807, 2.05) is 0 Å². The van der Waals surface area contributed by atoms with Gasteiger partial charge in [-0.2, -0.15) is 0 Å². The summed E-state index contributed by atoms with van der Waals surface area (Å²) in [6.45, 7) is 6.49. The Morgan fingerprint density at radius 3 is 0.985 bits per heavy atom. The van der Waals surface area contributed by atoms with Crippen molar-refractivity contribution < 1.29 is 28.6 Å². The quantitative estimate of drug-likeness (QED) is 0.0262. The van der Waals surface area contributed by atoms with Crippen molar-refractivity contribution in [2.45, 2.75) is 271 Å². The van der Waals surface area contributed by atoms with Gasteiger partial charge in [0, 0.05) is 19.3 Å². The van der Waals surface area contributed by atoms with E-state index in [-0.39, 0.29) is 31.1 Å². The second kappa shape index (κ2) is 53.5. The molecule has 0 heterocycles. The van der Waals surface area contributed by atoms with Crippen LogP contribution in [0.3, 0.4) is 0 Å². The fourth-order valence-corrected chi connectivity index (χ4v) is 7.58. The van der Waals surface area contributed by atoms with Gasteiger partial charge in [0.25, 0.3) is 0 Å². The van der Waals surface area contributed by atoms with Crippen LogP contribution in [0.5, 0.6) is 0 Å². The number of carbonyl (C=O) groups is 3. The lowest BCUT2D eigenvalue weighted by molar-refractivity contribution is -0.167. The van der Waals surface area contributed by atoms with Gasteiger partial charge < -0.3 is 14.2 Å². The molecule has 0 fully saturated rings. The number of hydrogen-bond acceptors (Lipinski definition) is 6. The molecule has 0 radical (unpaired) electrons. The van der Waals surface area contributed by atoms with E-state index in [1.54, 1.807) is 0 Å². The fraction of sp³-hybridized carbons (Fsp3) is 0.746. The zero-order valence-electron chi connectivity index (χ0n) is 42.7. The third-order valence-corrected chi connectivity index (χ3v) is 11.7. The Balaban J connectivity index is 4.42. The van der Waals surface area contributed by atoms with Gasteiger partial charge >= 0.3 is 17.9 Å². The second-order valence-electron chi connectivity index (χ2n) is 18.1. The Hall–Kier alpha value is -3.15. The largest absolute Gasteiger partial charge is 0.462 e. The van der Waals surface area contributed by atoms with E-state index in [9.17, 15) is 14.4 Å². The molecule has 0 rings (SSSR count). The van der Waals surface area contributed by atoms with E-state index in [1.165, 1.54) is 116 Å². The van der Waals surface area contributed by atoms with Crippen LogP contribution >= 0.6 is 0 Å². The van der Waals surface area contributed by atoms with Crippen LogP contribution in [0.1, 0.15) is 265 Å². The smallest absolute Gasteiger partial charge is 0.306 e. The van der Waals surface area contributed by atoms with E-state index in [2.05, 4.69) is 93.7 Å². The summed E-state index contributed by atoms with van der Waals surface area (Å²) < 4.78 is 16.8. The second-order valence-corrected chi connectivity index (χ2v) is 18.1. The van der Waals surface area contributed by atoms with Gasteiger partial charge in [-0.05, 0) is 89.9 Å². The number of esters is 3. The first-order valence-corrected chi connectivity index (χ1v) is 27.4. The van der Waals surface area contributed by atoms with Gasteiger partial charge in [0.1, 0.15) is 13.2 Å². The highest BCUT2D eigenvalue weighted by Gasteiger charge is 2.19. The van der Waals surface area contributed by atoms with Crippen molar-refractivity contribution in [2.75, 3.05) is 13.2 Å². The SMILES string of the molecule is CC/C=C\C/C=C\C/C=C\C/C=C\C/C=C\CCCCCC(=O)OC[C@H](COC(=O)CCCCCCCCCCCCCCCCC)OC(=O)CCCCCCC/C=C\CCCCCC. The number of rotatable bonds is 49. The zero-order chi connectivity index (χ0) is 47.2. The van der Waals surface area contributed by atoms with Crippen LogP contribution in [0.2, 0.25) is 0 Å². The molecule has 0 bridgehead atoms. The average molecular weight is 907 g/mol. The minimum absolute atomic E-state index is 0.0873. The van der Waals surface area contributed by atoms with Gasteiger partial charge in [0.2, 0.25) is 0 Å². The van der Waals surface area contributed by atoms with Crippen LogP contribution in [0.4, 0.5) is 0 Å². The normalized spacial score (nSPS) is 12.6. The molecule has 0 aliphatic rings. The van der Waals surface area contributed by atoms with Crippen LogP contribution in [-0.4, -0.2) is 37.2 Å². The summed E-state index contributed by atoms with van der Waals surface area (Å²) in [6, 6.07) is 0. The molecule has 65 heavy (non-hydrogen) atoms. The van der Waals surface area contributed by atoms with Crippen LogP contribution < -0.4 is 0 Å². The third-order valence-electron chi connectivity index (χ3n) is 11.7. The molecule has 0 spiro atoms. The molecule has 1 atom stereocenters. The van der Waals surface area contributed by atoms with Crippen molar-refractivity contribution in [1.29, 1.82) is 0 Å². The molecule has 0 saturated heterocycles. The minimum atomic E-state index is -0.791. The average Bonchev–Trinajstić information content (AvgIpc) is 3.30. The van der Waals surface area contributed by atoms with Crippen molar-refractivity contribution in [2.24, 2.45) is 0 Å². The van der Waals surface area contributed by atoms with Gasteiger partial charge in [-0.1, -0.05) is 229 Å². The number of unbranched alkanes of at least 4 members (excludes halogenated alkanes) is 26. The van der Waals surface area contributed by atoms with Gasteiger partial charge in [-0.25, -0.2) is 0 Å². The van der Waals surface area contributed by atoms with Crippen molar-refractivity contribution in [3.8, 4) is 0 Å². The summed E-state index contributed by atoms with van der Waals surface area (Å²) in [6.07, 6.45) is 67.4. The zero-order valence-corrected chi connectivity index (χ0v) is 42.7. The predicted octanol–water partition coefficient (Wildman–Crippen LogP) is 18.2. The Bertz CT molecular complexity index is 1230. The summed E-state index contributed by atoms with van der Waals surface area (Å²) in [5.41, 5.74) is 0. The maximum atomic E-state index is 12.8. The molecule has 0 saturated carbocycles.